The van der Waals surface area contributed by atoms with E-state index in [0.29, 0.717) is 5.69 Å². The van der Waals surface area contributed by atoms with E-state index in [1.807, 2.05) is 30.3 Å². The van der Waals surface area contributed by atoms with Gasteiger partial charge in [0.1, 0.15) is 0 Å². The van der Waals surface area contributed by atoms with Crippen molar-refractivity contribution in [3.05, 3.63) is 53.6 Å². The fourth-order valence-corrected chi connectivity index (χ4v) is 2.00. The van der Waals surface area contributed by atoms with Gasteiger partial charge in [0, 0.05) is 11.9 Å². The van der Waals surface area contributed by atoms with Gasteiger partial charge in [-0.2, -0.15) is 0 Å². The summed E-state index contributed by atoms with van der Waals surface area (Å²) in [6.45, 7) is 0. The van der Waals surface area contributed by atoms with E-state index in [4.69, 9.17) is 11.5 Å². The van der Waals surface area contributed by atoms with Crippen molar-refractivity contribution >= 4 is 17.6 Å². The lowest BCUT2D eigenvalue weighted by Gasteiger charge is -2.12. The van der Waals surface area contributed by atoms with Crippen LogP contribution < -0.4 is 11.5 Å². The van der Waals surface area contributed by atoms with Crippen molar-refractivity contribution in [2.75, 3.05) is 0 Å². The van der Waals surface area contributed by atoms with Gasteiger partial charge in [-0.25, -0.2) is 4.98 Å². The SMILES string of the molecule is NC(=O)C(=O)C(Cc1ccccc1)c1cnc(C(N)=O)[nH]1. The summed E-state index contributed by atoms with van der Waals surface area (Å²) in [5.74, 6) is -3.43. The number of nitrogens with two attached hydrogens (primary N) is 2. The van der Waals surface area contributed by atoms with Gasteiger partial charge in [0.25, 0.3) is 11.8 Å². The second-order valence-electron chi connectivity index (χ2n) is 4.52. The highest BCUT2D eigenvalue weighted by Gasteiger charge is 2.27. The number of Topliss-reactive ketones (excluding diaryl/α,β-unsaturated/α-hetero) is 1. The van der Waals surface area contributed by atoms with Crippen LogP contribution in [0.15, 0.2) is 36.5 Å². The Morgan fingerprint density at radius 1 is 1.14 bits per heavy atom. The molecule has 2 rings (SSSR count). The van der Waals surface area contributed by atoms with Crippen LogP contribution in [0.4, 0.5) is 0 Å². The third-order valence-corrected chi connectivity index (χ3v) is 3.05. The van der Waals surface area contributed by atoms with E-state index in [1.165, 1.54) is 6.20 Å². The number of nitrogens with one attached hydrogen (secondary N) is 1. The number of H-pyrrole nitrogens is 1. The van der Waals surface area contributed by atoms with Crippen molar-refractivity contribution in [3.63, 3.8) is 0 Å². The Bertz CT molecular complexity index is 679. The number of aromatic amines is 1. The molecule has 0 aliphatic heterocycles. The fraction of sp³-hybridized carbons (Fsp3) is 0.143. The first-order valence-electron chi connectivity index (χ1n) is 6.21. The number of ketones is 1. The maximum Gasteiger partial charge on any atom is 0.285 e. The van der Waals surface area contributed by atoms with Gasteiger partial charge >= 0.3 is 0 Å². The van der Waals surface area contributed by atoms with Gasteiger partial charge in [-0.1, -0.05) is 30.3 Å². The Kier molecular flexibility index (Phi) is 4.13. The van der Waals surface area contributed by atoms with E-state index in [-0.39, 0.29) is 12.2 Å². The largest absolute Gasteiger partial charge is 0.363 e. The summed E-state index contributed by atoms with van der Waals surface area (Å²) in [6, 6.07) is 9.14. The van der Waals surface area contributed by atoms with Crippen molar-refractivity contribution < 1.29 is 14.4 Å². The number of amides is 2. The molecule has 0 spiro atoms. The molecule has 0 fully saturated rings. The number of aromatic nitrogens is 2. The fourth-order valence-electron chi connectivity index (χ4n) is 2.00. The summed E-state index contributed by atoms with van der Waals surface area (Å²) >= 11 is 0. The summed E-state index contributed by atoms with van der Waals surface area (Å²) in [5, 5.41) is 0. The zero-order valence-electron chi connectivity index (χ0n) is 11.1. The van der Waals surface area contributed by atoms with E-state index < -0.39 is 23.5 Å². The molecule has 0 saturated carbocycles. The predicted molar refractivity (Wildman–Crippen MR) is 74.2 cm³/mol. The summed E-state index contributed by atoms with van der Waals surface area (Å²) in [5.41, 5.74) is 11.4. The summed E-state index contributed by atoms with van der Waals surface area (Å²) < 4.78 is 0. The minimum Gasteiger partial charge on any atom is -0.363 e. The van der Waals surface area contributed by atoms with E-state index in [0.717, 1.165) is 5.56 Å². The highest BCUT2D eigenvalue weighted by atomic mass is 16.2. The molecule has 7 nitrogen and oxygen atoms in total. The molecule has 2 amide bonds. The average molecular weight is 286 g/mol. The number of hydrogen-bond acceptors (Lipinski definition) is 4. The Morgan fingerprint density at radius 2 is 1.81 bits per heavy atom. The van der Waals surface area contributed by atoms with Gasteiger partial charge in [0.05, 0.1) is 5.92 Å². The number of rotatable bonds is 6. The van der Waals surface area contributed by atoms with Gasteiger partial charge in [0.2, 0.25) is 5.78 Å². The number of carbonyl (C=O) groups excluding carboxylic acids is 3. The van der Waals surface area contributed by atoms with Crippen molar-refractivity contribution in [1.82, 2.24) is 9.97 Å². The Hall–Kier alpha value is -2.96. The van der Waals surface area contributed by atoms with Crippen molar-refractivity contribution in [2.24, 2.45) is 11.5 Å². The van der Waals surface area contributed by atoms with E-state index in [1.54, 1.807) is 0 Å². The molecular weight excluding hydrogens is 272 g/mol. The number of nitrogens with zero attached hydrogens (tertiary/aromatic N) is 1. The standard InChI is InChI=1S/C14H14N4O3/c15-12(20)11(19)9(6-8-4-2-1-3-5-8)10-7-17-14(18-10)13(16)21/h1-5,7,9H,6H2,(H2,15,20)(H2,16,21)(H,17,18). The van der Waals surface area contributed by atoms with Gasteiger partial charge < -0.3 is 16.5 Å². The summed E-state index contributed by atoms with van der Waals surface area (Å²) in [4.78, 5) is 40.7. The van der Waals surface area contributed by atoms with E-state index in [9.17, 15) is 14.4 Å². The number of primary amides is 2. The lowest BCUT2D eigenvalue weighted by Crippen LogP contribution is -2.30. The second kappa shape index (κ2) is 6.00. The molecule has 0 bridgehead atoms. The molecule has 21 heavy (non-hydrogen) atoms. The summed E-state index contributed by atoms with van der Waals surface area (Å²) in [6.07, 6.45) is 1.58. The summed E-state index contributed by atoms with van der Waals surface area (Å²) in [7, 11) is 0. The highest BCUT2D eigenvalue weighted by molar-refractivity contribution is 6.37. The van der Waals surface area contributed by atoms with Crippen LogP contribution in [0, 0.1) is 0 Å². The van der Waals surface area contributed by atoms with Gasteiger partial charge in [0.15, 0.2) is 5.82 Å². The highest BCUT2D eigenvalue weighted by Crippen LogP contribution is 2.20. The van der Waals surface area contributed by atoms with Crippen molar-refractivity contribution in [1.29, 1.82) is 0 Å². The number of imidazole rings is 1. The lowest BCUT2D eigenvalue weighted by atomic mass is 9.92. The van der Waals surface area contributed by atoms with E-state index in [2.05, 4.69) is 9.97 Å². The third kappa shape index (κ3) is 3.33. The van der Waals surface area contributed by atoms with Crippen molar-refractivity contribution in [3.8, 4) is 0 Å². The Labute approximate surface area is 120 Å². The topological polar surface area (TPSA) is 132 Å². The molecule has 0 saturated heterocycles. The van der Waals surface area contributed by atoms with Crippen LogP contribution in [0.25, 0.3) is 0 Å². The van der Waals surface area contributed by atoms with Gasteiger partial charge in [-0.3, -0.25) is 14.4 Å². The molecule has 1 aromatic heterocycles. The quantitative estimate of drug-likeness (QED) is 0.639. The van der Waals surface area contributed by atoms with Crippen LogP contribution in [0.3, 0.4) is 0 Å². The first kappa shape index (κ1) is 14.4. The third-order valence-electron chi connectivity index (χ3n) is 3.05. The van der Waals surface area contributed by atoms with Crippen LogP contribution in [0.2, 0.25) is 0 Å². The number of hydrogen-bond donors (Lipinski definition) is 3. The molecular formula is C14H14N4O3. The molecule has 0 radical (unpaired) electrons. The van der Waals surface area contributed by atoms with Gasteiger partial charge in [-0.05, 0) is 12.0 Å². The van der Waals surface area contributed by atoms with Crippen LogP contribution in [-0.2, 0) is 16.0 Å². The molecule has 1 unspecified atom stereocenters. The monoisotopic (exact) mass is 286 g/mol. The molecule has 108 valence electrons. The first-order chi connectivity index (χ1) is 9.99. The zero-order chi connectivity index (χ0) is 15.4. The second-order valence-corrected chi connectivity index (χ2v) is 4.52. The molecule has 0 aliphatic carbocycles. The average Bonchev–Trinajstić information content (AvgIpc) is 2.95. The van der Waals surface area contributed by atoms with Gasteiger partial charge in [-0.15, -0.1) is 0 Å². The number of carbonyl (C=O) groups is 3. The number of benzene rings is 1. The Balaban J connectivity index is 2.33. The van der Waals surface area contributed by atoms with Crippen LogP contribution in [-0.4, -0.2) is 27.6 Å². The molecule has 5 N–H and O–H groups in total. The smallest absolute Gasteiger partial charge is 0.285 e. The van der Waals surface area contributed by atoms with Crippen LogP contribution >= 0.6 is 0 Å². The van der Waals surface area contributed by atoms with Crippen LogP contribution in [0.5, 0.6) is 0 Å². The van der Waals surface area contributed by atoms with Crippen LogP contribution in [0.1, 0.15) is 27.8 Å². The normalized spacial score (nSPS) is 11.8. The minimum atomic E-state index is -1.04. The molecule has 2 aromatic rings. The first-order valence-corrected chi connectivity index (χ1v) is 6.21. The molecule has 1 heterocycles. The Morgan fingerprint density at radius 3 is 2.33 bits per heavy atom. The molecule has 1 aromatic carbocycles. The predicted octanol–water partition coefficient (Wildman–Crippen LogP) is -0.111. The maximum atomic E-state index is 12.0. The van der Waals surface area contributed by atoms with E-state index >= 15 is 0 Å². The molecule has 7 heteroatoms. The maximum absolute atomic E-state index is 12.0. The minimum absolute atomic E-state index is 0.0691. The zero-order valence-corrected chi connectivity index (χ0v) is 11.1. The molecule has 1 atom stereocenters. The van der Waals surface area contributed by atoms with Crippen molar-refractivity contribution in [2.45, 2.75) is 12.3 Å². The lowest BCUT2D eigenvalue weighted by molar-refractivity contribution is -0.136. The molecule has 0 aliphatic rings.